The number of alkyl carbamates (subject to hydrolysis) is 1. The predicted molar refractivity (Wildman–Crippen MR) is 131 cm³/mol. The Bertz CT molecular complexity index is 1070. The van der Waals surface area contributed by atoms with E-state index in [0.29, 0.717) is 25.7 Å². The lowest BCUT2D eigenvalue weighted by molar-refractivity contribution is -0.151. The van der Waals surface area contributed by atoms with Crippen LogP contribution in [0.25, 0.3) is 11.1 Å². The third kappa shape index (κ3) is 4.64. The summed E-state index contributed by atoms with van der Waals surface area (Å²) in [6.07, 6.45) is 3.56. The number of nitrogens with one attached hydrogen (secondary N) is 1. The first-order valence-electron chi connectivity index (χ1n) is 12.5. The lowest BCUT2D eigenvalue weighted by Gasteiger charge is -2.41. The molecule has 0 unspecified atom stereocenters. The fourth-order valence-corrected chi connectivity index (χ4v) is 5.87. The van der Waals surface area contributed by atoms with Crippen LogP contribution in [-0.4, -0.2) is 53.7 Å². The number of carboxylic acids is 1. The summed E-state index contributed by atoms with van der Waals surface area (Å²) in [4.78, 5) is 38.2. The topological polar surface area (TPSA) is 95.9 Å². The average molecular weight is 477 g/mol. The molecular formula is C28H32N2O5. The summed E-state index contributed by atoms with van der Waals surface area (Å²) in [5.74, 6) is -1.04. The summed E-state index contributed by atoms with van der Waals surface area (Å²) >= 11 is 0. The van der Waals surface area contributed by atoms with E-state index in [2.05, 4.69) is 29.6 Å². The number of ether oxygens (including phenoxy) is 1. The zero-order valence-electron chi connectivity index (χ0n) is 20.0. The van der Waals surface area contributed by atoms with Crippen molar-refractivity contribution in [2.75, 3.05) is 13.7 Å². The first-order valence-corrected chi connectivity index (χ1v) is 12.5. The molecule has 0 spiro atoms. The van der Waals surface area contributed by atoms with E-state index in [1.54, 1.807) is 11.9 Å². The number of carboxylic acid groups (broad SMARTS) is 1. The van der Waals surface area contributed by atoms with E-state index < -0.39 is 12.1 Å². The summed E-state index contributed by atoms with van der Waals surface area (Å²) < 4.78 is 5.66. The molecule has 0 radical (unpaired) electrons. The monoisotopic (exact) mass is 476 g/mol. The average Bonchev–Trinajstić information content (AvgIpc) is 3.15. The van der Waals surface area contributed by atoms with Crippen LogP contribution < -0.4 is 5.32 Å². The normalized spacial score (nSPS) is 25.1. The molecule has 184 valence electrons. The molecule has 5 rings (SSSR count). The molecule has 7 heteroatoms. The van der Waals surface area contributed by atoms with Gasteiger partial charge in [-0.1, -0.05) is 48.5 Å². The minimum atomic E-state index is -0.776. The fourth-order valence-electron chi connectivity index (χ4n) is 5.87. The van der Waals surface area contributed by atoms with Crippen LogP contribution in [0.2, 0.25) is 0 Å². The highest BCUT2D eigenvalue weighted by atomic mass is 16.5. The molecule has 2 N–H and O–H groups in total. The van der Waals surface area contributed by atoms with Crippen molar-refractivity contribution in [1.82, 2.24) is 10.2 Å². The number of hydrogen-bond acceptors (Lipinski definition) is 4. The Balaban J connectivity index is 1.09. The molecule has 2 fully saturated rings. The van der Waals surface area contributed by atoms with Crippen LogP contribution in [0.1, 0.15) is 55.6 Å². The largest absolute Gasteiger partial charge is 0.481 e. The number of carbonyl (C=O) groups excluding carboxylic acids is 2. The van der Waals surface area contributed by atoms with E-state index in [0.717, 1.165) is 12.8 Å². The summed E-state index contributed by atoms with van der Waals surface area (Å²) in [5, 5.41) is 12.1. The van der Waals surface area contributed by atoms with E-state index in [1.807, 2.05) is 24.3 Å². The molecule has 3 aliphatic carbocycles. The van der Waals surface area contributed by atoms with Crippen LogP contribution in [0.4, 0.5) is 4.79 Å². The molecule has 0 aliphatic heterocycles. The van der Waals surface area contributed by atoms with E-state index in [-0.39, 0.29) is 42.4 Å². The lowest BCUT2D eigenvalue weighted by Crippen LogP contribution is -2.50. The SMILES string of the molecule is CN(C(=O)C1CCC(NC(=O)OCC2c3ccccc3-c3ccccc32)CC1)C1CC(C(=O)O)C1. The number of hydrogen-bond donors (Lipinski definition) is 2. The quantitative estimate of drug-likeness (QED) is 0.644. The molecular weight excluding hydrogens is 444 g/mol. The Labute approximate surface area is 205 Å². The second-order valence-electron chi connectivity index (χ2n) is 10.1. The molecule has 35 heavy (non-hydrogen) atoms. The summed E-state index contributed by atoms with van der Waals surface area (Å²) in [5.41, 5.74) is 4.77. The van der Waals surface area contributed by atoms with Crippen molar-refractivity contribution >= 4 is 18.0 Å². The van der Waals surface area contributed by atoms with Gasteiger partial charge >= 0.3 is 12.1 Å². The smallest absolute Gasteiger partial charge is 0.407 e. The number of rotatable bonds is 6. The van der Waals surface area contributed by atoms with Crippen LogP contribution >= 0.6 is 0 Å². The first kappa shape index (κ1) is 23.4. The van der Waals surface area contributed by atoms with Gasteiger partial charge in [0.1, 0.15) is 6.61 Å². The Kier molecular flexibility index (Phi) is 6.50. The minimum Gasteiger partial charge on any atom is -0.481 e. The van der Waals surface area contributed by atoms with Crippen LogP contribution in [0.3, 0.4) is 0 Å². The molecule has 0 saturated heterocycles. The molecule has 7 nitrogen and oxygen atoms in total. The van der Waals surface area contributed by atoms with Gasteiger partial charge in [-0.3, -0.25) is 9.59 Å². The number of fused-ring (bicyclic) bond motifs is 3. The maximum atomic E-state index is 12.9. The Morgan fingerprint density at radius 1 is 0.914 bits per heavy atom. The predicted octanol–water partition coefficient (Wildman–Crippen LogP) is 4.41. The third-order valence-corrected chi connectivity index (χ3v) is 8.10. The third-order valence-electron chi connectivity index (χ3n) is 8.10. The van der Waals surface area contributed by atoms with Crippen LogP contribution in [0.15, 0.2) is 48.5 Å². The van der Waals surface area contributed by atoms with E-state index >= 15 is 0 Å². The van der Waals surface area contributed by atoms with Gasteiger partial charge in [-0.2, -0.15) is 0 Å². The Morgan fingerprint density at radius 2 is 1.49 bits per heavy atom. The Morgan fingerprint density at radius 3 is 2.06 bits per heavy atom. The highest BCUT2D eigenvalue weighted by Crippen LogP contribution is 2.44. The van der Waals surface area contributed by atoms with Gasteiger partial charge in [0.25, 0.3) is 0 Å². The molecule has 0 atom stereocenters. The molecule has 3 aliphatic rings. The van der Waals surface area contributed by atoms with E-state index in [4.69, 9.17) is 9.84 Å². The molecule has 2 amide bonds. The standard InChI is InChI=1S/C28H32N2O5/c1-30(20-14-18(15-20)27(32)33)26(31)17-10-12-19(13-11-17)29-28(34)35-16-25-23-8-4-2-6-21(23)22-7-3-5-9-24(22)25/h2-9,17-20,25H,10-16H2,1H3,(H,29,34)(H,32,33). The van der Waals surface area contributed by atoms with Gasteiger partial charge in [0, 0.05) is 31.0 Å². The van der Waals surface area contributed by atoms with E-state index in [9.17, 15) is 14.4 Å². The van der Waals surface area contributed by atoms with Crippen LogP contribution in [0, 0.1) is 11.8 Å². The van der Waals surface area contributed by atoms with Crippen molar-refractivity contribution in [1.29, 1.82) is 0 Å². The second-order valence-corrected chi connectivity index (χ2v) is 10.1. The maximum absolute atomic E-state index is 12.9. The zero-order chi connectivity index (χ0) is 24.5. The van der Waals surface area contributed by atoms with Crippen molar-refractivity contribution in [2.45, 2.75) is 56.5 Å². The highest BCUT2D eigenvalue weighted by Gasteiger charge is 2.40. The molecule has 2 aromatic rings. The molecule has 2 aromatic carbocycles. The maximum Gasteiger partial charge on any atom is 0.407 e. The summed E-state index contributed by atoms with van der Waals surface area (Å²) in [6, 6.07) is 16.5. The number of aliphatic carboxylic acids is 1. The van der Waals surface area contributed by atoms with Crippen molar-refractivity contribution in [3.63, 3.8) is 0 Å². The minimum absolute atomic E-state index is 0.0000929. The van der Waals surface area contributed by atoms with Gasteiger partial charge < -0.3 is 20.1 Å². The van der Waals surface area contributed by atoms with Gasteiger partial charge in [-0.15, -0.1) is 0 Å². The number of nitrogens with zero attached hydrogens (tertiary/aromatic N) is 1. The van der Waals surface area contributed by atoms with Gasteiger partial charge in [0.2, 0.25) is 5.91 Å². The lowest BCUT2D eigenvalue weighted by atomic mass is 9.78. The number of carbonyl (C=O) groups is 3. The van der Waals surface area contributed by atoms with Crippen molar-refractivity contribution < 1.29 is 24.2 Å². The highest BCUT2D eigenvalue weighted by molar-refractivity contribution is 5.80. The van der Waals surface area contributed by atoms with Crippen molar-refractivity contribution in [3.05, 3.63) is 59.7 Å². The molecule has 0 bridgehead atoms. The Hall–Kier alpha value is -3.35. The first-order chi connectivity index (χ1) is 16.9. The van der Waals surface area contributed by atoms with Gasteiger partial charge in [0.05, 0.1) is 5.92 Å². The number of benzene rings is 2. The van der Waals surface area contributed by atoms with Gasteiger partial charge in [0.15, 0.2) is 0 Å². The van der Waals surface area contributed by atoms with Crippen LogP contribution in [-0.2, 0) is 14.3 Å². The summed E-state index contributed by atoms with van der Waals surface area (Å²) in [7, 11) is 1.78. The fraction of sp³-hybridized carbons (Fsp3) is 0.464. The van der Waals surface area contributed by atoms with Gasteiger partial charge in [-0.05, 0) is 60.8 Å². The molecule has 2 saturated carbocycles. The molecule has 0 aromatic heterocycles. The summed E-state index contributed by atoms with van der Waals surface area (Å²) in [6.45, 7) is 0.289. The molecule has 0 heterocycles. The van der Waals surface area contributed by atoms with Crippen molar-refractivity contribution in [2.24, 2.45) is 11.8 Å². The second kappa shape index (κ2) is 9.72. The number of amides is 2. The van der Waals surface area contributed by atoms with E-state index in [1.165, 1.54) is 22.3 Å². The van der Waals surface area contributed by atoms with Crippen molar-refractivity contribution in [3.8, 4) is 11.1 Å². The zero-order valence-corrected chi connectivity index (χ0v) is 20.0. The van der Waals surface area contributed by atoms with Gasteiger partial charge in [-0.25, -0.2) is 4.79 Å². The van der Waals surface area contributed by atoms with Crippen LogP contribution in [0.5, 0.6) is 0 Å².